The second-order valence-electron chi connectivity index (χ2n) is 3.81. The molecule has 0 radical (unpaired) electrons. The zero-order valence-corrected chi connectivity index (χ0v) is 7.86. The van der Waals surface area contributed by atoms with Crippen LogP contribution >= 0.6 is 0 Å². The van der Waals surface area contributed by atoms with Gasteiger partial charge in [-0.1, -0.05) is 13.3 Å². The number of nitro groups is 1. The summed E-state index contributed by atoms with van der Waals surface area (Å²) in [6, 6.07) is 0. The van der Waals surface area contributed by atoms with Crippen molar-refractivity contribution >= 4 is 6.29 Å². The number of nitrogens with zero attached hydrogens (tertiary/aromatic N) is 1. The molecule has 0 aromatic heterocycles. The summed E-state index contributed by atoms with van der Waals surface area (Å²) in [7, 11) is 0. The molecule has 0 bridgehead atoms. The minimum absolute atomic E-state index is 0.0370. The highest BCUT2D eigenvalue weighted by atomic mass is 16.6. The van der Waals surface area contributed by atoms with Crippen LogP contribution in [-0.2, 0) is 4.79 Å². The van der Waals surface area contributed by atoms with E-state index in [2.05, 4.69) is 0 Å². The van der Waals surface area contributed by atoms with Gasteiger partial charge in [-0.25, -0.2) is 0 Å². The normalized spacial score (nSPS) is 33.2. The van der Waals surface area contributed by atoms with Gasteiger partial charge >= 0.3 is 0 Å². The number of hydrogen-bond acceptors (Lipinski definition) is 3. The summed E-state index contributed by atoms with van der Waals surface area (Å²) in [6.45, 7) is 1.89. The van der Waals surface area contributed by atoms with Gasteiger partial charge in [0.25, 0.3) is 0 Å². The molecule has 0 unspecified atom stereocenters. The minimum Gasteiger partial charge on any atom is -0.303 e. The lowest BCUT2D eigenvalue weighted by molar-refractivity contribution is -0.490. The first-order chi connectivity index (χ1) is 6.14. The van der Waals surface area contributed by atoms with E-state index < -0.39 is 5.41 Å². The topological polar surface area (TPSA) is 60.2 Å². The molecule has 13 heavy (non-hydrogen) atoms. The minimum atomic E-state index is -0.396. The van der Waals surface area contributed by atoms with Crippen LogP contribution in [0.3, 0.4) is 0 Å². The van der Waals surface area contributed by atoms with E-state index in [4.69, 9.17) is 0 Å². The monoisotopic (exact) mass is 185 g/mol. The molecule has 0 aromatic rings. The van der Waals surface area contributed by atoms with E-state index in [1.165, 1.54) is 0 Å². The zero-order chi connectivity index (χ0) is 9.90. The van der Waals surface area contributed by atoms with E-state index in [1.54, 1.807) is 0 Å². The molecule has 1 rings (SSSR count). The number of rotatable bonds is 4. The van der Waals surface area contributed by atoms with Gasteiger partial charge < -0.3 is 4.79 Å². The van der Waals surface area contributed by atoms with E-state index in [0.717, 1.165) is 32.0 Å². The number of aldehydes is 1. The third kappa shape index (κ3) is 1.87. The van der Waals surface area contributed by atoms with Gasteiger partial charge in [-0.3, -0.25) is 10.1 Å². The summed E-state index contributed by atoms with van der Waals surface area (Å²) >= 11 is 0. The van der Waals surface area contributed by atoms with Gasteiger partial charge in [-0.05, 0) is 19.3 Å². The number of carbonyl (C=O) groups is 1. The summed E-state index contributed by atoms with van der Waals surface area (Å²) in [5, 5.41) is 10.4. The maximum Gasteiger partial charge on any atom is 0.207 e. The summed E-state index contributed by atoms with van der Waals surface area (Å²) < 4.78 is 0. The largest absolute Gasteiger partial charge is 0.303 e. The lowest BCUT2D eigenvalue weighted by atomic mass is 9.77. The Morgan fingerprint density at radius 3 is 2.85 bits per heavy atom. The third-order valence-corrected chi connectivity index (χ3v) is 3.27. The second kappa shape index (κ2) is 3.85. The van der Waals surface area contributed by atoms with Crippen molar-refractivity contribution in [3.05, 3.63) is 10.1 Å². The van der Waals surface area contributed by atoms with Crippen molar-refractivity contribution in [2.75, 3.05) is 6.54 Å². The molecule has 0 amide bonds. The average molecular weight is 185 g/mol. The SMILES string of the molecule is CC[C@]1(C=O)CCC[C@H]1C[N+](=O)[O-]. The summed E-state index contributed by atoms with van der Waals surface area (Å²) in [5.74, 6) is -0.0370. The molecule has 0 spiro atoms. The average Bonchev–Trinajstić information content (AvgIpc) is 2.48. The molecule has 4 heteroatoms. The van der Waals surface area contributed by atoms with Gasteiger partial charge in [0.2, 0.25) is 6.54 Å². The molecule has 0 N–H and O–H groups in total. The first-order valence-electron chi connectivity index (χ1n) is 4.73. The van der Waals surface area contributed by atoms with Crippen molar-refractivity contribution in [1.82, 2.24) is 0 Å². The highest BCUT2D eigenvalue weighted by molar-refractivity contribution is 5.60. The Hall–Kier alpha value is -0.930. The highest BCUT2D eigenvalue weighted by Gasteiger charge is 2.43. The molecule has 0 saturated heterocycles. The Morgan fingerprint density at radius 1 is 1.69 bits per heavy atom. The predicted octanol–water partition coefficient (Wildman–Crippen LogP) is 1.66. The van der Waals surface area contributed by atoms with Gasteiger partial charge in [0.05, 0.1) is 0 Å². The first kappa shape index (κ1) is 10.2. The van der Waals surface area contributed by atoms with E-state index in [1.807, 2.05) is 6.92 Å². The van der Waals surface area contributed by atoms with Gasteiger partial charge in [0, 0.05) is 16.3 Å². The fourth-order valence-corrected chi connectivity index (χ4v) is 2.33. The molecule has 74 valence electrons. The third-order valence-electron chi connectivity index (χ3n) is 3.27. The van der Waals surface area contributed by atoms with Gasteiger partial charge in [0.1, 0.15) is 6.29 Å². The Kier molecular flexibility index (Phi) is 3.01. The van der Waals surface area contributed by atoms with Crippen LogP contribution in [0.4, 0.5) is 0 Å². The molecule has 0 heterocycles. The van der Waals surface area contributed by atoms with Crippen molar-refractivity contribution in [2.45, 2.75) is 32.6 Å². The molecule has 1 aliphatic rings. The molecule has 0 aromatic carbocycles. The fourth-order valence-electron chi connectivity index (χ4n) is 2.33. The van der Waals surface area contributed by atoms with Crippen molar-refractivity contribution in [1.29, 1.82) is 0 Å². The Balaban J connectivity index is 2.71. The van der Waals surface area contributed by atoms with Crippen LogP contribution < -0.4 is 0 Å². The van der Waals surface area contributed by atoms with Gasteiger partial charge in [-0.15, -0.1) is 0 Å². The summed E-state index contributed by atoms with van der Waals surface area (Å²) in [5.41, 5.74) is -0.396. The molecule has 1 saturated carbocycles. The summed E-state index contributed by atoms with van der Waals surface area (Å²) in [6.07, 6.45) is 4.27. The van der Waals surface area contributed by atoms with E-state index in [-0.39, 0.29) is 17.4 Å². The van der Waals surface area contributed by atoms with Crippen LogP contribution in [-0.4, -0.2) is 17.8 Å². The standard InChI is InChI=1S/C9H15NO3/c1-2-9(7-11)5-3-4-8(9)6-10(12)13/h7-8H,2-6H2,1H3/t8-,9+/m0/s1. The van der Waals surface area contributed by atoms with Crippen molar-refractivity contribution in [2.24, 2.45) is 11.3 Å². The maximum atomic E-state index is 10.9. The Morgan fingerprint density at radius 2 is 2.38 bits per heavy atom. The molecule has 0 aliphatic heterocycles. The smallest absolute Gasteiger partial charge is 0.207 e. The van der Waals surface area contributed by atoms with Gasteiger partial charge in [-0.2, -0.15) is 0 Å². The van der Waals surface area contributed by atoms with Crippen molar-refractivity contribution < 1.29 is 9.72 Å². The Labute approximate surface area is 77.5 Å². The summed E-state index contributed by atoms with van der Waals surface area (Å²) in [4.78, 5) is 21.0. The molecule has 4 nitrogen and oxygen atoms in total. The molecular formula is C9H15NO3. The zero-order valence-electron chi connectivity index (χ0n) is 7.86. The van der Waals surface area contributed by atoms with E-state index in [9.17, 15) is 14.9 Å². The molecular weight excluding hydrogens is 170 g/mol. The van der Waals surface area contributed by atoms with Crippen molar-refractivity contribution in [3.8, 4) is 0 Å². The van der Waals surface area contributed by atoms with Crippen LogP contribution in [0.1, 0.15) is 32.6 Å². The van der Waals surface area contributed by atoms with Crippen LogP contribution in [0.5, 0.6) is 0 Å². The van der Waals surface area contributed by atoms with Gasteiger partial charge in [0.15, 0.2) is 0 Å². The fraction of sp³-hybridized carbons (Fsp3) is 0.889. The lowest BCUT2D eigenvalue weighted by Gasteiger charge is -2.25. The quantitative estimate of drug-likeness (QED) is 0.380. The molecule has 1 aliphatic carbocycles. The van der Waals surface area contributed by atoms with E-state index >= 15 is 0 Å². The van der Waals surface area contributed by atoms with Crippen LogP contribution in [0.15, 0.2) is 0 Å². The highest BCUT2D eigenvalue weighted by Crippen LogP contribution is 2.44. The lowest BCUT2D eigenvalue weighted by Crippen LogP contribution is -2.31. The van der Waals surface area contributed by atoms with E-state index in [0.29, 0.717) is 0 Å². The predicted molar refractivity (Wildman–Crippen MR) is 48.0 cm³/mol. The molecule has 2 atom stereocenters. The maximum absolute atomic E-state index is 10.9. The number of hydrogen-bond donors (Lipinski definition) is 0. The second-order valence-corrected chi connectivity index (χ2v) is 3.81. The van der Waals surface area contributed by atoms with Crippen molar-refractivity contribution in [3.63, 3.8) is 0 Å². The van der Waals surface area contributed by atoms with Crippen LogP contribution in [0.25, 0.3) is 0 Å². The molecule has 1 fully saturated rings. The Bertz CT molecular complexity index is 217. The number of carbonyl (C=O) groups excluding carboxylic acids is 1. The first-order valence-corrected chi connectivity index (χ1v) is 4.73. The van der Waals surface area contributed by atoms with Crippen LogP contribution in [0.2, 0.25) is 0 Å². The van der Waals surface area contributed by atoms with Crippen LogP contribution in [0, 0.1) is 21.4 Å².